The Labute approximate surface area is 124 Å². The van der Waals surface area contributed by atoms with Crippen molar-refractivity contribution in [1.29, 1.82) is 0 Å². The van der Waals surface area contributed by atoms with Gasteiger partial charge in [-0.1, -0.05) is 19.9 Å². The molecule has 0 aliphatic rings. The predicted octanol–water partition coefficient (Wildman–Crippen LogP) is 0.491. The van der Waals surface area contributed by atoms with E-state index in [-0.39, 0.29) is 36.5 Å². The number of carbonyl (C=O) groups is 1. The highest BCUT2D eigenvalue weighted by Crippen LogP contribution is 2.25. The summed E-state index contributed by atoms with van der Waals surface area (Å²) in [6, 6.07) is 3.23. The first-order chi connectivity index (χ1) is 9.83. The second-order valence-electron chi connectivity index (χ2n) is 5.65. The van der Waals surface area contributed by atoms with Crippen LogP contribution < -0.4 is 11.1 Å². The van der Waals surface area contributed by atoms with Gasteiger partial charge in [0, 0.05) is 0 Å². The fourth-order valence-electron chi connectivity index (χ4n) is 2.10. The van der Waals surface area contributed by atoms with Crippen LogP contribution in [0.5, 0.6) is 11.5 Å². The second-order valence-corrected chi connectivity index (χ2v) is 5.65. The molecule has 0 aromatic heterocycles. The van der Waals surface area contributed by atoms with Crippen molar-refractivity contribution in [3.05, 3.63) is 23.8 Å². The van der Waals surface area contributed by atoms with Crippen LogP contribution in [0.25, 0.3) is 0 Å². The summed E-state index contributed by atoms with van der Waals surface area (Å²) >= 11 is 0. The van der Waals surface area contributed by atoms with Gasteiger partial charge in [-0.2, -0.15) is 0 Å². The first-order valence-corrected chi connectivity index (χ1v) is 7.01. The summed E-state index contributed by atoms with van der Waals surface area (Å²) in [6.45, 7) is 3.89. The molecule has 0 spiro atoms. The van der Waals surface area contributed by atoms with E-state index in [2.05, 4.69) is 5.32 Å². The number of aromatic hydroxyl groups is 2. The molecular weight excluding hydrogens is 272 g/mol. The number of nitrogens with two attached hydrogens (primary N) is 1. The van der Waals surface area contributed by atoms with Gasteiger partial charge < -0.3 is 26.4 Å². The maximum atomic E-state index is 12.0. The first-order valence-electron chi connectivity index (χ1n) is 7.01. The van der Waals surface area contributed by atoms with Crippen molar-refractivity contribution >= 4 is 5.91 Å². The quantitative estimate of drug-likeness (QED) is 0.470. The Bertz CT molecular complexity index is 477. The van der Waals surface area contributed by atoms with Crippen LogP contribution in [0, 0.1) is 5.92 Å². The third kappa shape index (κ3) is 5.61. The average Bonchev–Trinajstić information content (AvgIpc) is 2.41. The Hall–Kier alpha value is -1.79. The molecule has 0 radical (unpaired) electrons. The zero-order valence-corrected chi connectivity index (χ0v) is 12.4. The Morgan fingerprint density at radius 2 is 1.95 bits per heavy atom. The van der Waals surface area contributed by atoms with Crippen molar-refractivity contribution in [3.63, 3.8) is 0 Å². The summed E-state index contributed by atoms with van der Waals surface area (Å²) in [5.41, 5.74) is 6.48. The number of benzene rings is 1. The molecule has 6 heteroatoms. The maximum absolute atomic E-state index is 12.0. The van der Waals surface area contributed by atoms with Gasteiger partial charge in [-0.25, -0.2) is 0 Å². The van der Waals surface area contributed by atoms with Crippen molar-refractivity contribution in [2.24, 2.45) is 11.7 Å². The van der Waals surface area contributed by atoms with E-state index in [0.29, 0.717) is 17.9 Å². The molecule has 1 rings (SSSR count). The molecular formula is C15H24N2O4. The van der Waals surface area contributed by atoms with Gasteiger partial charge in [0.15, 0.2) is 11.5 Å². The lowest BCUT2D eigenvalue weighted by molar-refractivity contribution is -0.123. The van der Waals surface area contributed by atoms with Crippen LogP contribution in [-0.2, 0) is 11.2 Å². The van der Waals surface area contributed by atoms with Crippen molar-refractivity contribution in [1.82, 2.24) is 5.32 Å². The van der Waals surface area contributed by atoms with Gasteiger partial charge in [0.1, 0.15) is 0 Å². The van der Waals surface area contributed by atoms with Gasteiger partial charge in [-0.3, -0.25) is 4.79 Å². The Balaban J connectivity index is 2.59. The van der Waals surface area contributed by atoms with E-state index in [1.165, 1.54) is 12.1 Å². The summed E-state index contributed by atoms with van der Waals surface area (Å²) < 4.78 is 0. The molecule has 6 nitrogen and oxygen atoms in total. The Morgan fingerprint density at radius 1 is 1.29 bits per heavy atom. The highest BCUT2D eigenvalue weighted by molar-refractivity contribution is 5.82. The highest BCUT2D eigenvalue weighted by atomic mass is 16.3. The molecule has 0 aliphatic carbocycles. The number of carbonyl (C=O) groups excluding carboxylic acids is 1. The minimum atomic E-state index is -0.782. The third-order valence-electron chi connectivity index (χ3n) is 3.15. The summed E-state index contributed by atoms with van der Waals surface area (Å²) in [5, 5.41) is 30.6. The first kappa shape index (κ1) is 17.3. The van der Waals surface area contributed by atoms with Crippen LogP contribution >= 0.6 is 0 Å². The molecule has 0 bridgehead atoms. The zero-order valence-electron chi connectivity index (χ0n) is 12.4. The number of hydrogen-bond donors (Lipinski definition) is 5. The number of nitrogens with one attached hydrogen (secondary N) is 1. The van der Waals surface area contributed by atoms with E-state index >= 15 is 0 Å². The number of amides is 1. The fourth-order valence-corrected chi connectivity index (χ4v) is 2.10. The van der Waals surface area contributed by atoms with Crippen LogP contribution in [0.1, 0.15) is 25.8 Å². The van der Waals surface area contributed by atoms with E-state index in [4.69, 9.17) is 5.73 Å². The van der Waals surface area contributed by atoms with Crippen molar-refractivity contribution in [3.8, 4) is 11.5 Å². The third-order valence-corrected chi connectivity index (χ3v) is 3.15. The lowest BCUT2D eigenvalue weighted by Crippen LogP contribution is -2.48. The summed E-state index contributed by atoms with van der Waals surface area (Å²) in [5.74, 6) is -0.447. The van der Waals surface area contributed by atoms with E-state index < -0.39 is 6.04 Å². The van der Waals surface area contributed by atoms with Crippen LogP contribution in [-0.4, -0.2) is 39.9 Å². The molecule has 1 amide bonds. The molecule has 0 saturated heterocycles. The van der Waals surface area contributed by atoms with Crippen molar-refractivity contribution in [2.45, 2.75) is 38.8 Å². The van der Waals surface area contributed by atoms with Gasteiger partial charge in [0.2, 0.25) is 5.91 Å². The predicted molar refractivity (Wildman–Crippen MR) is 79.9 cm³/mol. The molecule has 6 N–H and O–H groups in total. The van der Waals surface area contributed by atoms with Gasteiger partial charge in [0.05, 0.1) is 18.7 Å². The van der Waals surface area contributed by atoms with E-state index in [9.17, 15) is 20.1 Å². The lowest BCUT2D eigenvalue weighted by atomic mass is 10.0. The SMILES string of the molecule is CC(C)CC(CO)NC(=O)[C@@H](N)Cc1ccc(O)c(O)c1. The smallest absolute Gasteiger partial charge is 0.237 e. The Morgan fingerprint density at radius 3 is 2.48 bits per heavy atom. The fraction of sp³-hybridized carbons (Fsp3) is 0.533. The van der Waals surface area contributed by atoms with E-state index in [0.717, 1.165) is 0 Å². The summed E-state index contributed by atoms with van der Waals surface area (Å²) in [4.78, 5) is 12.0. The molecule has 21 heavy (non-hydrogen) atoms. The normalized spacial score (nSPS) is 14.0. The van der Waals surface area contributed by atoms with E-state index in [1.807, 2.05) is 13.8 Å². The van der Waals surface area contributed by atoms with Crippen LogP contribution in [0.4, 0.5) is 0 Å². The van der Waals surface area contributed by atoms with Crippen LogP contribution in [0.3, 0.4) is 0 Å². The monoisotopic (exact) mass is 296 g/mol. The molecule has 1 aromatic rings. The van der Waals surface area contributed by atoms with Crippen molar-refractivity contribution < 1.29 is 20.1 Å². The highest BCUT2D eigenvalue weighted by Gasteiger charge is 2.19. The van der Waals surface area contributed by atoms with E-state index in [1.54, 1.807) is 6.07 Å². The summed E-state index contributed by atoms with van der Waals surface area (Å²) in [7, 11) is 0. The minimum absolute atomic E-state index is 0.128. The van der Waals surface area contributed by atoms with Crippen molar-refractivity contribution in [2.75, 3.05) is 6.61 Å². The Kier molecular flexibility index (Phi) is 6.45. The van der Waals surface area contributed by atoms with Crippen LogP contribution in [0.15, 0.2) is 18.2 Å². The molecule has 0 aliphatic heterocycles. The molecule has 1 unspecified atom stereocenters. The molecule has 0 fully saturated rings. The lowest BCUT2D eigenvalue weighted by Gasteiger charge is -2.20. The number of aliphatic hydroxyl groups is 1. The number of aliphatic hydroxyl groups excluding tert-OH is 1. The number of phenolic OH excluding ortho intramolecular Hbond substituents is 2. The summed E-state index contributed by atoms with van der Waals surface area (Å²) in [6.07, 6.45) is 0.911. The maximum Gasteiger partial charge on any atom is 0.237 e. The van der Waals surface area contributed by atoms with Gasteiger partial charge in [-0.05, 0) is 36.5 Å². The van der Waals surface area contributed by atoms with Gasteiger partial charge >= 0.3 is 0 Å². The number of phenols is 2. The van der Waals surface area contributed by atoms with Crippen LogP contribution in [0.2, 0.25) is 0 Å². The molecule has 2 atom stereocenters. The number of hydrogen-bond acceptors (Lipinski definition) is 5. The number of rotatable bonds is 7. The second kappa shape index (κ2) is 7.85. The largest absolute Gasteiger partial charge is 0.504 e. The average molecular weight is 296 g/mol. The zero-order chi connectivity index (χ0) is 16.0. The molecule has 0 saturated carbocycles. The molecule has 118 valence electrons. The topological polar surface area (TPSA) is 116 Å². The minimum Gasteiger partial charge on any atom is -0.504 e. The molecule has 1 aromatic carbocycles. The van der Waals surface area contributed by atoms with Gasteiger partial charge in [0.25, 0.3) is 0 Å². The van der Waals surface area contributed by atoms with Gasteiger partial charge in [-0.15, -0.1) is 0 Å². The standard InChI is InChI=1S/C15H24N2O4/c1-9(2)5-11(8-18)17-15(21)12(16)6-10-3-4-13(19)14(20)7-10/h3-4,7,9,11-12,18-20H,5-6,8,16H2,1-2H3,(H,17,21)/t11?,12-/m0/s1. The molecule has 0 heterocycles.